The van der Waals surface area contributed by atoms with E-state index in [0.717, 1.165) is 76.0 Å². The second-order valence-corrected chi connectivity index (χ2v) is 7.31. The largest absolute Gasteiger partial charge is 0.357 e. The highest BCUT2D eigenvalue weighted by Gasteiger charge is 2.16. The van der Waals surface area contributed by atoms with Gasteiger partial charge in [0.05, 0.1) is 0 Å². The highest BCUT2D eigenvalue weighted by Crippen LogP contribution is 2.14. The molecule has 2 aliphatic rings. The lowest BCUT2D eigenvalue weighted by Crippen LogP contribution is -2.39. The van der Waals surface area contributed by atoms with Crippen LogP contribution in [0.25, 0.3) is 0 Å². The van der Waals surface area contributed by atoms with Gasteiger partial charge in [0.1, 0.15) is 12.4 Å². The molecule has 3 heterocycles. The third-order valence-corrected chi connectivity index (χ3v) is 5.23. The van der Waals surface area contributed by atoms with E-state index in [2.05, 4.69) is 37.3 Å². The number of nitrogens with one attached hydrogen (secondary N) is 2. The fourth-order valence-electron chi connectivity index (χ4n) is 3.73. The van der Waals surface area contributed by atoms with Crippen LogP contribution in [0.5, 0.6) is 0 Å². The number of carbonyl (C=O) groups is 1. The van der Waals surface area contributed by atoms with Gasteiger partial charge in [-0.05, 0) is 39.0 Å². The molecule has 0 unspecified atom stereocenters. The normalized spacial score (nSPS) is 17.5. The Balaban J connectivity index is 0.00000280. The van der Waals surface area contributed by atoms with Gasteiger partial charge in [-0.25, -0.2) is 4.99 Å². The molecule has 1 aromatic heterocycles. The van der Waals surface area contributed by atoms with E-state index < -0.39 is 0 Å². The molecule has 0 aliphatic carbocycles. The number of aryl methyl sites for hydroxylation is 1. The minimum atomic E-state index is 0. The van der Waals surface area contributed by atoms with Crippen LogP contribution in [-0.4, -0.2) is 57.7 Å². The van der Waals surface area contributed by atoms with Crippen LogP contribution in [0.2, 0.25) is 0 Å². The molecule has 1 amide bonds. The van der Waals surface area contributed by atoms with Gasteiger partial charge >= 0.3 is 0 Å². The monoisotopic (exact) mass is 503 g/mol. The summed E-state index contributed by atoms with van der Waals surface area (Å²) in [4.78, 5) is 18.7. The molecular weight excluding hydrogens is 469 g/mol. The van der Waals surface area contributed by atoms with Gasteiger partial charge in [0.2, 0.25) is 5.91 Å². The quantitative estimate of drug-likeness (QED) is 0.258. The Labute approximate surface area is 185 Å². The maximum absolute atomic E-state index is 12.1. The molecule has 0 aromatic carbocycles. The average molecular weight is 503 g/mol. The van der Waals surface area contributed by atoms with Crippen molar-refractivity contribution in [2.24, 2.45) is 4.99 Å². The van der Waals surface area contributed by atoms with Crippen molar-refractivity contribution in [3.8, 4) is 0 Å². The number of amides is 1. The molecular formula is C19H34IN7O. The van der Waals surface area contributed by atoms with Crippen molar-refractivity contribution < 1.29 is 4.79 Å². The molecule has 9 heteroatoms. The molecule has 0 radical (unpaired) electrons. The average Bonchev–Trinajstić information content (AvgIpc) is 2.99. The fourth-order valence-corrected chi connectivity index (χ4v) is 3.73. The second kappa shape index (κ2) is 12.2. The maximum Gasteiger partial charge on any atom is 0.222 e. The molecule has 1 aromatic rings. The van der Waals surface area contributed by atoms with Crippen molar-refractivity contribution >= 4 is 35.8 Å². The number of carbonyl (C=O) groups excluding carboxylic acids is 1. The van der Waals surface area contributed by atoms with Crippen LogP contribution in [0.3, 0.4) is 0 Å². The van der Waals surface area contributed by atoms with Crippen LogP contribution in [0.15, 0.2) is 4.99 Å². The minimum absolute atomic E-state index is 0. The lowest BCUT2D eigenvalue weighted by molar-refractivity contribution is -0.130. The number of fused-ring (bicyclic) bond motifs is 1. The first kappa shape index (κ1) is 22.9. The number of hydrogen-bond donors (Lipinski definition) is 2. The summed E-state index contributed by atoms with van der Waals surface area (Å²) in [6.45, 7) is 6.94. The number of nitrogens with zero attached hydrogens (tertiary/aromatic N) is 5. The van der Waals surface area contributed by atoms with E-state index in [9.17, 15) is 4.79 Å². The number of likely N-dealkylation sites (tertiary alicyclic amines) is 1. The molecule has 0 atom stereocenters. The van der Waals surface area contributed by atoms with Crippen LogP contribution in [0, 0.1) is 0 Å². The summed E-state index contributed by atoms with van der Waals surface area (Å²) in [5.74, 6) is 3.14. The molecule has 2 aliphatic heterocycles. The lowest BCUT2D eigenvalue weighted by Gasteiger charge is -2.20. The Bertz CT molecular complexity index is 646. The Morgan fingerprint density at radius 3 is 2.75 bits per heavy atom. The lowest BCUT2D eigenvalue weighted by atomic mass is 10.2. The number of guanidine groups is 1. The molecule has 2 N–H and O–H groups in total. The molecule has 1 fully saturated rings. The van der Waals surface area contributed by atoms with E-state index in [-0.39, 0.29) is 24.0 Å². The molecule has 0 bridgehead atoms. The Hall–Kier alpha value is -1.39. The first-order valence-corrected chi connectivity index (χ1v) is 10.5. The summed E-state index contributed by atoms with van der Waals surface area (Å²) in [5, 5.41) is 15.3. The fraction of sp³-hybridized carbons (Fsp3) is 0.789. The van der Waals surface area contributed by atoms with Crippen LogP contribution >= 0.6 is 24.0 Å². The predicted molar refractivity (Wildman–Crippen MR) is 121 cm³/mol. The van der Waals surface area contributed by atoms with Crippen LogP contribution in [0.1, 0.15) is 63.5 Å². The number of rotatable bonds is 7. The van der Waals surface area contributed by atoms with Crippen LogP contribution in [0.4, 0.5) is 0 Å². The topological polar surface area (TPSA) is 87.4 Å². The predicted octanol–water partition coefficient (Wildman–Crippen LogP) is 2.08. The number of hydrogen-bond acceptors (Lipinski definition) is 4. The van der Waals surface area contributed by atoms with Crippen molar-refractivity contribution in [2.45, 2.75) is 71.4 Å². The van der Waals surface area contributed by atoms with Crippen molar-refractivity contribution in [1.29, 1.82) is 0 Å². The van der Waals surface area contributed by atoms with E-state index in [0.29, 0.717) is 18.9 Å². The zero-order chi connectivity index (χ0) is 18.9. The Morgan fingerprint density at radius 2 is 1.89 bits per heavy atom. The summed E-state index contributed by atoms with van der Waals surface area (Å²) in [7, 11) is 0. The van der Waals surface area contributed by atoms with Gasteiger partial charge < -0.3 is 20.1 Å². The van der Waals surface area contributed by atoms with Gasteiger partial charge in [0.15, 0.2) is 11.8 Å². The molecule has 28 heavy (non-hydrogen) atoms. The van der Waals surface area contributed by atoms with Crippen LogP contribution in [-0.2, 0) is 24.3 Å². The van der Waals surface area contributed by atoms with Crippen molar-refractivity contribution in [2.75, 3.05) is 26.2 Å². The van der Waals surface area contributed by atoms with E-state index >= 15 is 0 Å². The standard InChI is InChI=1S/C19H33N7O.HI/c1-2-20-19(21-11-8-13-25-12-6-3-4-10-18(25)27)22-15-17-24-23-16-9-5-7-14-26(16)17;/h2-15H2,1H3,(H2,20,21,22);1H. The Kier molecular flexibility index (Phi) is 10.0. The summed E-state index contributed by atoms with van der Waals surface area (Å²) in [6, 6.07) is 0. The number of aliphatic imine (C=N–C) groups is 1. The van der Waals surface area contributed by atoms with E-state index in [1.54, 1.807) is 0 Å². The zero-order valence-electron chi connectivity index (χ0n) is 17.0. The SMILES string of the molecule is CCNC(=NCc1nnc2n1CCCC2)NCCCN1CCCCCC1=O.I. The van der Waals surface area contributed by atoms with Crippen molar-refractivity contribution in [3.63, 3.8) is 0 Å². The Morgan fingerprint density at radius 1 is 1.07 bits per heavy atom. The second-order valence-electron chi connectivity index (χ2n) is 7.31. The summed E-state index contributed by atoms with van der Waals surface area (Å²) in [6.07, 6.45) is 8.38. The third-order valence-electron chi connectivity index (χ3n) is 5.23. The molecule has 158 valence electrons. The summed E-state index contributed by atoms with van der Waals surface area (Å²) < 4.78 is 2.21. The highest BCUT2D eigenvalue weighted by molar-refractivity contribution is 14.0. The maximum atomic E-state index is 12.1. The van der Waals surface area contributed by atoms with Crippen LogP contribution < -0.4 is 10.6 Å². The zero-order valence-corrected chi connectivity index (χ0v) is 19.3. The number of halogens is 1. The number of aromatic nitrogens is 3. The van der Waals surface area contributed by atoms with Gasteiger partial charge in [0.25, 0.3) is 0 Å². The summed E-state index contributed by atoms with van der Waals surface area (Å²) in [5.41, 5.74) is 0. The highest BCUT2D eigenvalue weighted by atomic mass is 127. The first-order valence-electron chi connectivity index (χ1n) is 10.5. The van der Waals surface area contributed by atoms with Gasteiger partial charge in [-0.3, -0.25) is 4.79 Å². The van der Waals surface area contributed by atoms with Gasteiger partial charge in [-0.15, -0.1) is 34.2 Å². The molecule has 0 saturated carbocycles. The van der Waals surface area contributed by atoms with Crippen molar-refractivity contribution in [3.05, 3.63) is 11.6 Å². The third kappa shape index (κ3) is 6.59. The van der Waals surface area contributed by atoms with Gasteiger partial charge in [-0.1, -0.05) is 6.42 Å². The molecule has 0 spiro atoms. The van der Waals surface area contributed by atoms with E-state index in [1.165, 1.54) is 19.3 Å². The molecule has 1 saturated heterocycles. The first-order chi connectivity index (χ1) is 13.3. The minimum Gasteiger partial charge on any atom is -0.357 e. The molecule has 3 rings (SSSR count). The summed E-state index contributed by atoms with van der Waals surface area (Å²) >= 11 is 0. The molecule has 8 nitrogen and oxygen atoms in total. The van der Waals surface area contributed by atoms with E-state index in [4.69, 9.17) is 0 Å². The smallest absolute Gasteiger partial charge is 0.222 e. The van der Waals surface area contributed by atoms with E-state index in [1.807, 2.05) is 4.90 Å². The van der Waals surface area contributed by atoms with Crippen molar-refractivity contribution in [1.82, 2.24) is 30.3 Å². The van der Waals surface area contributed by atoms with Gasteiger partial charge in [0, 0.05) is 45.6 Å². The van der Waals surface area contributed by atoms with Gasteiger partial charge in [-0.2, -0.15) is 0 Å².